The van der Waals surface area contributed by atoms with Crippen LogP contribution in [0.15, 0.2) is 65.6 Å². The van der Waals surface area contributed by atoms with E-state index in [4.69, 9.17) is 0 Å². The topological polar surface area (TPSA) is 63.2 Å². The van der Waals surface area contributed by atoms with Crippen LogP contribution in [0.2, 0.25) is 0 Å². The fourth-order valence-corrected chi connectivity index (χ4v) is 6.36. The van der Waals surface area contributed by atoms with Gasteiger partial charge in [-0.25, -0.2) is 8.42 Å². The van der Waals surface area contributed by atoms with Crippen LogP contribution in [0.1, 0.15) is 9.67 Å². The van der Waals surface area contributed by atoms with E-state index in [0.717, 1.165) is 14.8 Å². The Kier molecular flexibility index (Phi) is 4.52. The van der Waals surface area contributed by atoms with Crippen LogP contribution in [0, 0.1) is 0 Å². The third-order valence-electron chi connectivity index (χ3n) is 4.03. The number of hydrogen-bond donors (Lipinski definition) is 1. The summed E-state index contributed by atoms with van der Waals surface area (Å²) in [7, 11) is -3.39. The van der Waals surface area contributed by atoms with E-state index in [0.29, 0.717) is 4.88 Å². The number of amides is 1. The molecule has 0 saturated heterocycles. The zero-order valence-corrected chi connectivity index (χ0v) is 16.1. The molecular weight excluding hydrogens is 386 g/mol. The molecule has 0 unspecified atom stereocenters. The fourth-order valence-electron chi connectivity index (χ4n) is 2.74. The molecule has 132 valence electrons. The average Bonchev–Trinajstić information content (AvgIpc) is 3.20. The zero-order valence-electron chi connectivity index (χ0n) is 13.6. The molecule has 2 heterocycles. The number of rotatable bonds is 5. The molecule has 0 aliphatic rings. The fraction of sp³-hybridized carbons (Fsp3) is 0.105. The molecule has 0 fully saturated rings. The van der Waals surface area contributed by atoms with Crippen molar-refractivity contribution in [2.45, 2.75) is 4.90 Å². The Hall–Kier alpha value is -2.22. The summed E-state index contributed by atoms with van der Waals surface area (Å²) in [4.78, 5) is 13.3. The summed E-state index contributed by atoms with van der Waals surface area (Å²) in [6, 6.07) is 18.3. The second kappa shape index (κ2) is 6.83. The van der Waals surface area contributed by atoms with Gasteiger partial charge in [0, 0.05) is 21.3 Å². The molecule has 4 rings (SSSR count). The molecule has 26 heavy (non-hydrogen) atoms. The van der Waals surface area contributed by atoms with Crippen LogP contribution < -0.4 is 5.32 Å². The standard InChI is InChI=1S/C19H15NO3S3/c21-19(20-10-11-26(22,23)13-6-2-1-3-7-13)17-12-16-18(25-17)14-8-4-5-9-15(14)24-16/h1-9,12H,10-11H2,(H,20,21). The van der Waals surface area contributed by atoms with Gasteiger partial charge in [0.05, 0.1) is 20.2 Å². The lowest BCUT2D eigenvalue weighted by Gasteiger charge is -2.05. The first-order chi connectivity index (χ1) is 12.5. The molecule has 2 aromatic heterocycles. The Bertz CT molecular complexity index is 1190. The van der Waals surface area contributed by atoms with Crippen molar-refractivity contribution in [1.82, 2.24) is 5.32 Å². The van der Waals surface area contributed by atoms with Gasteiger partial charge in [-0.1, -0.05) is 36.4 Å². The third kappa shape index (κ3) is 3.25. The van der Waals surface area contributed by atoms with Crippen LogP contribution in [0.3, 0.4) is 0 Å². The summed E-state index contributed by atoms with van der Waals surface area (Å²) in [5, 5.41) is 3.88. The van der Waals surface area contributed by atoms with Gasteiger partial charge in [0.25, 0.3) is 5.91 Å². The Balaban J connectivity index is 1.46. The largest absolute Gasteiger partial charge is 0.350 e. The number of nitrogens with one attached hydrogen (secondary N) is 1. The van der Waals surface area contributed by atoms with Gasteiger partial charge in [-0.2, -0.15) is 0 Å². The van der Waals surface area contributed by atoms with Crippen molar-refractivity contribution in [2.75, 3.05) is 12.3 Å². The maximum Gasteiger partial charge on any atom is 0.261 e. The SMILES string of the molecule is O=C(NCCS(=O)(=O)c1ccccc1)c1cc2sc3ccccc3c2s1. The highest BCUT2D eigenvalue weighted by molar-refractivity contribution is 7.91. The molecule has 1 N–H and O–H groups in total. The van der Waals surface area contributed by atoms with Gasteiger partial charge in [-0.15, -0.1) is 22.7 Å². The van der Waals surface area contributed by atoms with E-state index in [-0.39, 0.29) is 23.1 Å². The summed E-state index contributed by atoms with van der Waals surface area (Å²) < 4.78 is 27.9. The molecular formula is C19H15NO3S3. The van der Waals surface area contributed by atoms with Crippen LogP contribution >= 0.6 is 22.7 Å². The van der Waals surface area contributed by atoms with Gasteiger partial charge in [0.1, 0.15) is 0 Å². The molecule has 0 saturated carbocycles. The summed E-state index contributed by atoms with van der Waals surface area (Å²) in [6.07, 6.45) is 0. The van der Waals surface area contributed by atoms with E-state index in [1.807, 2.05) is 18.2 Å². The number of hydrogen-bond acceptors (Lipinski definition) is 5. The van der Waals surface area contributed by atoms with Gasteiger partial charge >= 0.3 is 0 Å². The predicted octanol–water partition coefficient (Wildman–Crippen LogP) is 4.32. The first-order valence-corrected chi connectivity index (χ1v) is 11.3. The molecule has 0 bridgehead atoms. The van der Waals surface area contributed by atoms with Crippen LogP contribution in [-0.4, -0.2) is 26.6 Å². The highest BCUT2D eigenvalue weighted by Gasteiger charge is 2.17. The van der Waals surface area contributed by atoms with Crippen molar-refractivity contribution < 1.29 is 13.2 Å². The summed E-state index contributed by atoms with van der Waals surface area (Å²) in [5.74, 6) is -0.350. The molecule has 7 heteroatoms. The second-order valence-electron chi connectivity index (χ2n) is 5.79. The van der Waals surface area contributed by atoms with Gasteiger partial charge < -0.3 is 5.32 Å². The maximum atomic E-state index is 12.4. The molecule has 0 atom stereocenters. The molecule has 0 spiro atoms. The van der Waals surface area contributed by atoms with E-state index in [9.17, 15) is 13.2 Å². The maximum absolute atomic E-state index is 12.4. The summed E-state index contributed by atoms with van der Waals surface area (Å²) in [6.45, 7) is 0.0857. The molecule has 2 aromatic carbocycles. The number of thiophene rings is 2. The zero-order chi connectivity index (χ0) is 18.1. The minimum atomic E-state index is -3.39. The first-order valence-electron chi connectivity index (χ1n) is 8.02. The summed E-state index contributed by atoms with van der Waals surface area (Å²) >= 11 is 3.10. The van der Waals surface area contributed by atoms with E-state index in [1.165, 1.54) is 16.0 Å². The molecule has 4 nitrogen and oxygen atoms in total. The Morgan fingerprint density at radius 2 is 1.65 bits per heavy atom. The van der Waals surface area contributed by atoms with Crippen LogP contribution in [0.5, 0.6) is 0 Å². The number of fused-ring (bicyclic) bond motifs is 3. The predicted molar refractivity (Wildman–Crippen MR) is 108 cm³/mol. The molecule has 0 aliphatic carbocycles. The number of carbonyl (C=O) groups excluding carboxylic acids is 1. The molecule has 0 radical (unpaired) electrons. The number of sulfone groups is 1. The third-order valence-corrected chi connectivity index (χ3v) is 8.18. The Labute approximate surface area is 159 Å². The van der Waals surface area contributed by atoms with Crippen molar-refractivity contribution in [2.24, 2.45) is 0 Å². The van der Waals surface area contributed by atoms with E-state index >= 15 is 0 Å². The van der Waals surface area contributed by atoms with Gasteiger partial charge in [-0.05, 0) is 24.3 Å². The van der Waals surface area contributed by atoms with Gasteiger partial charge in [0.2, 0.25) is 0 Å². The second-order valence-corrected chi connectivity index (χ2v) is 10.0. The van der Waals surface area contributed by atoms with Gasteiger partial charge in [0.15, 0.2) is 9.84 Å². The summed E-state index contributed by atoms with van der Waals surface area (Å²) in [5.41, 5.74) is 0. The lowest BCUT2D eigenvalue weighted by atomic mass is 10.2. The van der Waals surface area contributed by atoms with Crippen molar-refractivity contribution in [1.29, 1.82) is 0 Å². The van der Waals surface area contributed by atoms with E-state index in [1.54, 1.807) is 41.7 Å². The monoisotopic (exact) mass is 401 g/mol. The number of benzene rings is 2. The smallest absolute Gasteiger partial charge is 0.261 e. The number of carbonyl (C=O) groups is 1. The molecule has 4 aromatic rings. The molecule has 0 aliphatic heterocycles. The quantitative estimate of drug-likeness (QED) is 0.542. The minimum absolute atomic E-state index is 0.0857. The molecule has 1 amide bonds. The van der Waals surface area contributed by atoms with Crippen LogP contribution in [0.25, 0.3) is 19.5 Å². The Morgan fingerprint density at radius 1 is 0.923 bits per heavy atom. The highest BCUT2D eigenvalue weighted by atomic mass is 32.2. The highest BCUT2D eigenvalue weighted by Crippen LogP contribution is 2.39. The van der Waals surface area contributed by atoms with Crippen LogP contribution in [0.4, 0.5) is 0 Å². The lowest BCUT2D eigenvalue weighted by molar-refractivity contribution is 0.0960. The normalized spacial score (nSPS) is 11.8. The first kappa shape index (κ1) is 17.2. The van der Waals surface area contributed by atoms with Crippen molar-refractivity contribution in [3.05, 3.63) is 65.5 Å². The van der Waals surface area contributed by atoms with Gasteiger partial charge in [-0.3, -0.25) is 4.79 Å². The van der Waals surface area contributed by atoms with E-state index < -0.39 is 9.84 Å². The lowest BCUT2D eigenvalue weighted by Crippen LogP contribution is -2.28. The van der Waals surface area contributed by atoms with Crippen molar-refractivity contribution in [3.8, 4) is 0 Å². The van der Waals surface area contributed by atoms with E-state index in [2.05, 4.69) is 17.4 Å². The van der Waals surface area contributed by atoms with Crippen molar-refractivity contribution >= 4 is 57.9 Å². The Morgan fingerprint density at radius 3 is 2.46 bits per heavy atom. The minimum Gasteiger partial charge on any atom is -0.350 e. The average molecular weight is 402 g/mol. The van der Waals surface area contributed by atoms with Crippen molar-refractivity contribution in [3.63, 3.8) is 0 Å². The van der Waals surface area contributed by atoms with Crippen LogP contribution in [-0.2, 0) is 9.84 Å².